The van der Waals surface area contributed by atoms with Crippen LogP contribution >= 0.6 is 0 Å². The van der Waals surface area contributed by atoms with Gasteiger partial charge in [0.25, 0.3) is 0 Å². The fraction of sp³-hybridized carbons (Fsp3) is 0.923. The Labute approximate surface area is 98.7 Å². The van der Waals surface area contributed by atoms with E-state index in [1.807, 2.05) is 0 Å². The van der Waals surface area contributed by atoms with Crippen molar-refractivity contribution in [3.8, 4) is 0 Å². The van der Waals surface area contributed by atoms with Crippen molar-refractivity contribution in [2.75, 3.05) is 7.11 Å². The second-order valence-corrected chi connectivity index (χ2v) is 4.97. The molecule has 1 saturated carbocycles. The van der Waals surface area contributed by atoms with Crippen molar-refractivity contribution in [3.63, 3.8) is 0 Å². The lowest BCUT2D eigenvalue weighted by atomic mass is 9.77. The maximum absolute atomic E-state index is 11.0. The lowest BCUT2D eigenvalue weighted by molar-refractivity contribution is -0.140. The van der Waals surface area contributed by atoms with Crippen molar-refractivity contribution in [3.05, 3.63) is 0 Å². The first-order chi connectivity index (χ1) is 7.67. The zero-order valence-electron chi connectivity index (χ0n) is 10.6. The lowest BCUT2D eigenvalue weighted by Gasteiger charge is -2.31. The van der Waals surface area contributed by atoms with Gasteiger partial charge in [-0.25, -0.2) is 0 Å². The third-order valence-electron chi connectivity index (χ3n) is 3.98. The van der Waals surface area contributed by atoms with Crippen LogP contribution in [-0.4, -0.2) is 19.1 Å². The Morgan fingerprint density at radius 1 is 1.38 bits per heavy atom. The molecule has 1 aliphatic rings. The van der Waals surface area contributed by atoms with Crippen LogP contribution in [0.1, 0.15) is 51.9 Å². The summed E-state index contributed by atoms with van der Waals surface area (Å²) in [6, 6.07) is 0.178. The first-order valence-corrected chi connectivity index (χ1v) is 6.49. The monoisotopic (exact) mass is 227 g/mol. The summed E-state index contributed by atoms with van der Waals surface area (Å²) in [6.45, 7) is 2.27. The molecule has 1 atom stereocenters. The molecular formula is C13H25NO2. The molecule has 0 aromatic rings. The van der Waals surface area contributed by atoms with Crippen LogP contribution in [0, 0.1) is 11.8 Å². The molecule has 0 aromatic carbocycles. The normalized spacial score (nSPS) is 27.4. The number of esters is 1. The smallest absolute Gasteiger partial charge is 0.305 e. The summed E-state index contributed by atoms with van der Waals surface area (Å²) in [7, 11) is 1.43. The number of methoxy groups -OCH3 is 1. The lowest BCUT2D eigenvalue weighted by Crippen LogP contribution is -2.33. The van der Waals surface area contributed by atoms with Crippen molar-refractivity contribution >= 4 is 5.97 Å². The number of carbonyl (C=O) groups is 1. The molecule has 2 N–H and O–H groups in total. The summed E-state index contributed by atoms with van der Waals surface area (Å²) in [5, 5.41) is 0. The van der Waals surface area contributed by atoms with E-state index in [-0.39, 0.29) is 12.0 Å². The molecule has 0 aromatic heterocycles. The van der Waals surface area contributed by atoms with E-state index in [9.17, 15) is 4.79 Å². The predicted molar refractivity (Wildman–Crippen MR) is 65.0 cm³/mol. The van der Waals surface area contributed by atoms with E-state index < -0.39 is 0 Å². The highest BCUT2D eigenvalue weighted by atomic mass is 16.5. The van der Waals surface area contributed by atoms with Crippen molar-refractivity contribution in [1.82, 2.24) is 0 Å². The van der Waals surface area contributed by atoms with Gasteiger partial charge in [0.05, 0.1) is 7.11 Å². The third-order valence-corrected chi connectivity index (χ3v) is 3.98. The highest BCUT2D eigenvalue weighted by Gasteiger charge is 2.24. The summed E-state index contributed by atoms with van der Waals surface area (Å²) in [6.07, 6.45) is 7.63. The van der Waals surface area contributed by atoms with Gasteiger partial charge < -0.3 is 10.5 Å². The van der Waals surface area contributed by atoms with E-state index in [1.54, 1.807) is 0 Å². The molecule has 1 aliphatic carbocycles. The molecule has 1 unspecified atom stereocenters. The number of nitrogens with two attached hydrogens (primary N) is 1. The molecule has 0 radical (unpaired) electrons. The first-order valence-electron chi connectivity index (χ1n) is 6.49. The first kappa shape index (κ1) is 13.5. The Balaban J connectivity index is 2.22. The molecule has 94 valence electrons. The van der Waals surface area contributed by atoms with Crippen LogP contribution in [0.15, 0.2) is 0 Å². The van der Waals surface area contributed by atoms with Crippen LogP contribution in [0.5, 0.6) is 0 Å². The van der Waals surface area contributed by atoms with Gasteiger partial charge in [-0.05, 0) is 31.1 Å². The van der Waals surface area contributed by atoms with Crippen molar-refractivity contribution in [1.29, 1.82) is 0 Å². The maximum atomic E-state index is 11.0. The van der Waals surface area contributed by atoms with Gasteiger partial charge in [-0.1, -0.05) is 26.2 Å². The van der Waals surface area contributed by atoms with Gasteiger partial charge in [0.15, 0.2) is 0 Å². The molecule has 0 aliphatic heterocycles. The Kier molecular flexibility index (Phi) is 5.81. The number of carbonyl (C=O) groups excluding carboxylic acids is 1. The standard InChI is InChI=1S/C13H25NO2/c1-3-10-4-6-11(7-5-10)12(14)8-9-13(15)16-2/h10-12H,3-9,14H2,1-2H3. The zero-order chi connectivity index (χ0) is 12.0. The molecule has 0 heterocycles. The molecule has 1 rings (SSSR count). The molecule has 0 bridgehead atoms. The van der Waals surface area contributed by atoms with E-state index in [0.29, 0.717) is 12.3 Å². The van der Waals surface area contributed by atoms with Gasteiger partial charge in [-0.2, -0.15) is 0 Å². The van der Waals surface area contributed by atoms with Crippen LogP contribution in [0.3, 0.4) is 0 Å². The predicted octanol–water partition coefficient (Wildman–Crippen LogP) is 2.48. The van der Waals surface area contributed by atoms with Gasteiger partial charge in [-0.3, -0.25) is 4.79 Å². The summed E-state index contributed by atoms with van der Waals surface area (Å²) < 4.78 is 4.63. The summed E-state index contributed by atoms with van der Waals surface area (Å²) in [5.74, 6) is 1.38. The Bertz CT molecular complexity index is 210. The molecule has 3 nitrogen and oxygen atoms in total. The van der Waals surface area contributed by atoms with Crippen LogP contribution in [0.25, 0.3) is 0 Å². The van der Waals surface area contributed by atoms with Gasteiger partial charge >= 0.3 is 5.97 Å². The Morgan fingerprint density at radius 3 is 2.50 bits per heavy atom. The molecule has 1 fully saturated rings. The largest absolute Gasteiger partial charge is 0.469 e. The van der Waals surface area contributed by atoms with Crippen molar-refractivity contribution < 1.29 is 9.53 Å². The third kappa shape index (κ3) is 4.12. The number of ether oxygens (including phenoxy) is 1. The fourth-order valence-electron chi connectivity index (χ4n) is 2.65. The van der Waals surface area contributed by atoms with Crippen molar-refractivity contribution in [2.45, 2.75) is 57.9 Å². The fourth-order valence-corrected chi connectivity index (χ4v) is 2.65. The van der Waals surface area contributed by atoms with Crippen LogP contribution < -0.4 is 5.73 Å². The average Bonchev–Trinajstić information content (AvgIpc) is 2.35. The minimum absolute atomic E-state index is 0.141. The highest BCUT2D eigenvalue weighted by Crippen LogP contribution is 2.32. The molecule has 0 spiro atoms. The Hall–Kier alpha value is -0.570. The highest BCUT2D eigenvalue weighted by molar-refractivity contribution is 5.69. The topological polar surface area (TPSA) is 52.3 Å². The second kappa shape index (κ2) is 6.89. The molecule has 16 heavy (non-hydrogen) atoms. The Morgan fingerprint density at radius 2 is 2.00 bits per heavy atom. The van der Waals surface area contributed by atoms with Crippen LogP contribution in [0.2, 0.25) is 0 Å². The minimum atomic E-state index is -0.141. The van der Waals surface area contributed by atoms with E-state index in [4.69, 9.17) is 5.73 Å². The van der Waals surface area contributed by atoms with Gasteiger partial charge in [0, 0.05) is 12.5 Å². The van der Waals surface area contributed by atoms with Crippen LogP contribution in [-0.2, 0) is 9.53 Å². The minimum Gasteiger partial charge on any atom is -0.469 e. The number of hydrogen-bond acceptors (Lipinski definition) is 3. The van der Waals surface area contributed by atoms with Gasteiger partial charge in [-0.15, -0.1) is 0 Å². The maximum Gasteiger partial charge on any atom is 0.305 e. The van der Waals surface area contributed by atoms with E-state index in [2.05, 4.69) is 11.7 Å². The average molecular weight is 227 g/mol. The zero-order valence-corrected chi connectivity index (χ0v) is 10.6. The quantitative estimate of drug-likeness (QED) is 0.734. The van der Waals surface area contributed by atoms with Gasteiger partial charge in [0.1, 0.15) is 0 Å². The number of rotatable bonds is 5. The summed E-state index contributed by atoms with van der Waals surface area (Å²) in [5.41, 5.74) is 6.13. The molecule has 3 heteroatoms. The van der Waals surface area contributed by atoms with Crippen LogP contribution in [0.4, 0.5) is 0 Å². The van der Waals surface area contributed by atoms with E-state index in [0.717, 1.165) is 12.3 Å². The van der Waals surface area contributed by atoms with E-state index >= 15 is 0 Å². The molecular weight excluding hydrogens is 202 g/mol. The summed E-state index contributed by atoms with van der Waals surface area (Å²) >= 11 is 0. The van der Waals surface area contributed by atoms with Crippen molar-refractivity contribution in [2.24, 2.45) is 17.6 Å². The molecule has 0 amide bonds. The van der Waals surface area contributed by atoms with E-state index in [1.165, 1.54) is 39.2 Å². The summed E-state index contributed by atoms with van der Waals surface area (Å²) in [4.78, 5) is 11.0. The second-order valence-electron chi connectivity index (χ2n) is 4.97. The number of hydrogen-bond donors (Lipinski definition) is 1. The van der Waals surface area contributed by atoms with Gasteiger partial charge in [0.2, 0.25) is 0 Å². The molecule has 0 saturated heterocycles. The SMILES string of the molecule is CCC1CCC(C(N)CCC(=O)OC)CC1.